The lowest BCUT2D eigenvalue weighted by Crippen LogP contribution is -2.39. The molecule has 3 rings (SSSR count). The number of fused-ring (bicyclic) bond motifs is 1. The summed E-state index contributed by atoms with van der Waals surface area (Å²) >= 11 is 0. The monoisotopic (exact) mass is 368 g/mol. The molecular formula is C22H38O2Si. The summed E-state index contributed by atoms with van der Waals surface area (Å²) in [7, 11) is -2.43. The predicted molar refractivity (Wildman–Crippen MR) is 107 cm³/mol. The molecule has 2 saturated carbocycles. The van der Waals surface area contributed by atoms with Gasteiger partial charge in [0.25, 0.3) is 0 Å². The molecule has 3 aliphatic carbocycles. The molecule has 2 fully saturated rings. The molecule has 0 heterocycles. The largest absolute Gasteiger partial charge is 0.413 e. The summed E-state index contributed by atoms with van der Waals surface area (Å²) in [6.07, 6.45) is 9.08. The van der Waals surface area contributed by atoms with Gasteiger partial charge in [0.2, 0.25) is 0 Å². The van der Waals surface area contributed by atoms with Gasteiger partial charge < -0.3 is 4.43 Å². The van der Waals surface area contributed by atoms with Crippen LogP contribution in [0.4, 0.5) is 0 Å². The molecule has 2 atom stereocenters. The first-order valence-corrected chi connectivity index (χ1v) is 13.3. The summed E-state index contributed by atoms with van der Waals surface area (Å²) in [6.45, 7) is 2.30. The minimum Gasteiger partial charge on any atom is -0.413 e. The van der Waals surface area contributed by atoms with Crippen molar-refractivity contribution >= 4 is 14.1 Å². The van der Waals surface area contributed by atoms with Crippen LogP contribution in [0.1, 0.15) is 86.6 Å². The van der Waals surface area contributed by atoms with Gasteiger partial charge in [-0.3, -0.25) is 4.79 Å². The summed E-state index contributed by atoms with van der Waals surface area (Å²) in [5, 5.41) is 0. The molecule has 0 aliphatic heterocycles. The highest BCUT2D eigenvalue weighted by molar-refractivity contribution is 6.69. The van der Waals surface area contributed by atoms with Gasteiger partial charge in [-0.25, -0.2) is 0 Å². The topological polar surface area (TPSA) is 26.3 Å². The van der Waals surface area contributed by atoms with Gasteiger partial charge in [-0.1, -0.05) is 18.6 Å². The summed E-state index contributed by atoms with van der Waals surface area (Å²) in [6, 6.07) is 0. The number of rotatable bonds is 7. The van der Waals surface area contributed by atoms with Gasteiger partial charge >= 0.3 is 0 Å². The molecule has 0 saturated heterocycles. The van der Waals surface area contributed by atoms with E-state index < -0.39 is 27.6 Å². The molecule has 0 aromatic heterocycles. The average molecular weight is 369 g/mol. The minimum absolute atomic E-state index is 0.00161. The second-order valence-electron chi connectivity index (χ2n) is 9.82. The van der Waals surface area contributed by atoms with Gasteiger partial charge in [0.05, 0.1) is 5.60 Å². The Morgan fingerprint density at radius 1 is 1.32 bits per heavy atom. The Kier molecular flexibility index (Phi) is 3.26. The lowest BCUT2D eigenvalue weighted by Gasteiger charge is -2.41. The zero-order valence-electron chi connectivity index (χ0n) is 22.3. The predicted octanol–water partition coefficient (Wildman–Crippen LogP) is 6.27. The van der Waals surface area contributed by atoms with Crippen molar-refractivity contribution in [2.24, 2.45) is 16.7 Å². The Morgan fingerprint density at radius 2 is 2.04 bits per heavy atom. The van der Waals surface area contributed by atoms with E-state index in [-0.39, 0.29) is 23.2 Å². The third-order valence-corrected chi connectivity index (χ3v) is 7.50. The number of hydrogen-bond acceptors (Lipinski definition) is 2. The molecule has 3 heteroatoms. The maximum absolute atomic E-state index is 12.5. The Labute approximate surface area is 164 Å². The molecule has 1 unspecified atom stereocenters. The SMILES string of the molecule is [2H]C([2H])([2H])C(CCCC1(C2=CCC3C(=O)CCC[C@]23C)CC1)(O[Si](C)(C)C)C([2H])([2H])[2H]. The van der Waals surface area contributed by atoms with Gasteiger partial charge in [-0.2, -0.15) is 0 Å². The average Bonchev–Trinajstić information content (AvgIpc) is 3.25. The smallest absolute Gasteiger partial charge is 0.184 e. The standard InChI is InChI=1S/C22H38O2Si/c1-20(2,24-25(4,5)6)12-8-14-22(15-16-22)19-11-10-17-18(23)9-7-13-21(17,19)3/h11,17H,7-10,12-16H2,1-6H3/t17?,21-/m0/s1/i1D3,2D3. The maximum Gasteiger partial charge on any atom is 0.184 e. The summed E-state index contributed by atoms with van der Waals surface area (Å²) in [5.74, 6) is 0.468. The van der Waals surface area contributed by atoms with Crippen molar-refractivity contribution in [2.45, 2.75) is 104 Å². The van der Waals surface area contributed by atoms with E-state index in [4.69, 9.17) is 12.7 Å². The zero-order valence-corrected chi connectivity index (χ0v) is 17.3. The van der Waals surface area contributed by atoms with Crippen LogP contribution in [0.3, 0.4) is 0 Å². The number of allylic oxidation sites excluding steroid dienone is 2. The highest BCUT2D eigenvalue weighted by Crippen LogP contribution is 2.66. The van der Waals surface area contributed by atoms with Crippen molar-refractivity contribution < 1.29 is 17.4 Å². The lowest BCUT2D eigenvalue weighted by atomic mass is 9.62. The molecule has 3 aliphatic rings. The third-order valence-electron chi connectivity index (χ3n) is 6.54. The van der Waals surface area contributed by atoms with E-state index >= 15 is 0 Å². The molecule has 0 spiro atoms. The van der Waals surface area contributed by atoms with Crippen LogP contribution >= 0.6 is 0 Å². The van der Waals surface area contributed by atoms with E-state index in [0.29, 0.717) is 18.6 Å². The summed E-state index contributed by atoms with van der Waals surface area (Å²) in [5.41, 5.74) is -0.809. The Morgan fingerprint density at radius 3 is 2.64 bits per heavy atom. The molecule has 25 heavy (non-hydrogen) atoms. The highest BCUT2D eigenvalue weighted by atomic mass is 28.4. The molecule has 0 amide bonds. The van der Waals surface area contributed by atoms with Crippen LogP contribution < -0.4 is 0 Å². The molecular weight excluding hydrogens is 324 g/mol. The van der Waals surface area contributed by atoms with E-state index in [0.717, 1.165) is 38.5 Å². The number of hydrogen-bond donors (Lipinski definition) is 0. The van der Waals surface area contributed by atoms with Crippen LogP contribution in [-0.2, 0) is 9.22 Å². The quantitative estimate of drug-likeness (QED) is 0.391. The molecule has 0 radical (unpaired) electrons. The summed E-state index contributed by atoms with van der Waals surface area (Å²) in [4.78, 5) is 12.5. The summed E-state index contributed by atoms with van der Waals surface area (Å²) < 4.78 is 54.5. The number of Topliss-reactive ketones (excluding diaryl/α,β-unsaturated/α-hetero) is 1. The number of carbonyl (C=O) groups excluding carboxylic acids is 1. The maximum atomic E-state index is 12.5. The van der Waals surface area contributed by atoms with Crippen LogP contribution in [0.2, 0.25) is 19.6 Å². The van der Waals surface area contributed by atoms with Gasteiger partial charge in [0, 0.05) is 20.6 Å². The molecule has 0 aromatic carbocycles. The van der Waals surface area contributed by atoms with E-state index in [1.54, 1.807) is 0 Å². The lowest BCUT2D eigenvalue weighted by molar-refractivity contribution is -0.128. The van der Waals surface area contributed by atoms with Gasteiger partial charge in [0.15, 0.2) is 8.32 Å². The zero-order chi connectivity index (χ0) is 23.5. The van der Waals surface area contributed by atoms with Crippen molar-refractivity contribution in [1.29, 1.82) is 0 Å². The fraction of sp³-hybridized carbons (Fsp3) is 0.864. The number of ketones is 1. The fourth-order valence-corrected chi connectivity index (χ4v) is 6.54. The second-order valence-corrected chi connectivity index (χ2v) is 14.2. The van der Waals surface area contributed by atoms with Gasteiger partial charge in [-0.05, 0) is 95.5 Å². The van der Waals surface area contributed by atoms with Crippen molar-refractivity contribution in [1.82, 2.24) is 0 Å². The number of carbonyl (C=O) groups is 1. The second kappa shape index (κ2) is 6.33. The Hall–Kier alpha value is -0.413. The van der Waals surface area contributed by atoms with E-state index in [1.807, 2.05) is 19.6 Å². The fourth-order valence-electron chi connectivity index (χ4n) is 5.39. The highest BCUT2D eigenvalue weighted by Gasteiger charge is 2.57. The van der Waals surface area contributed by atoms with E-state index in [2.05, 4.69) is 13.0 Å². The van der Waals surface area contributed by atoms with E-state index in [1.165, 1.54) is 5.57 Å². The van der Waals surface area contributed by atoms with Crippen LogP contribution in [0, 0.1) is 16.7 Å². The van der Waals surface area contributed by atoms with Crippen LogP contribution in [0.15, 0.2) is 11.6 Å². The van der Waals surface area contributed by atoms with Crippen molar-refractivity contribution in [3.8, 4) is 0 Å². The Bertz CT molecular complexity index is 731. The molecule has 0 aromatic rings. The van der Waals surface area contributed by atoms with Crippen molar-refractivity contribution in [3.63, 3.8) is 0 Å². The van der Waals surface area contributed by atoms with Crippen molar-refractivity contribution in [2.75, 3.05) is 0 Å². The van der Waals surface area contributed by atoms with Crippen LogP contribution in [-0.4, -0.2) is 19.7 Å². The van der Waals surface area contributed by atoms with Crippen LogP contribution in [0.5, 0.6) is 0 Å². The molecule has 2 nitrogen and oxygen atoms in total. The van der Waals surface area contributed by atoms with E-state index in [9.17, 15) is 4.79 Å². The molecule has 0 N–H and O–H groups in total. The first kappa shape index (κ1) is 12.9. The molecule has 142 valence electrons. The van der Waals surface area contributed by atoms with Crippen LogP contribution in [0.25, 0.3) is 0 Å². The minimum atomic E-state index is -2.73. The van der Waals surface area contributed by atoms with Gasteiger partial charge in [0.1, 0.15) is 5.78 Å². The first-order valence-electron chi connectivity index (χ1n) is 12.9. The third kappa shape index (κ3) is 3.97. The Balaban J connectivity index is 1.79. The normalized spacial score (nSPS) is 36.2. The van der Waals surface area contributed by atoms with Gasteiger partial charge in [-0.15, -0.1) is 0 Å². The first-order chi connectivity index (χ1) is 14.0. The van der Waals surface area contributed by atoms with Crippen molar-refractivity contribution in [3.05, 3.63) is 11.6 Å². The molecule has 0 bridgehead atoms.